The van der Waals surface area contributed by atoms with Gasteiger partial charge in [-0.05, 0) is 82.2 Å². The number of amides is 1. The lowest BCUT2D eigenvalue weighted by Crippen LogP contribution is -2.29. The number of unbranched alkanes of at least 4 members (excludes halogenated alkanes) is 1. The number of carbonyl (C=O) groups excluding carboxylic acids is 2. The summed E-state index contributed by atoms with van der Waals surface area (Å²) in [5.74, 6) is -0.987. The molecule has 186 valence electrons. The summed E-state index contributed by atoms with van der Waals surface area (Å²) in [6.45, 7) is 4.22. The van der Waals surface area contributed by atoms with E-state index < -0.39 is 17.7 Å². The maximum absolute atomic E-state index is 13.4. The first-order chi connectivity index (χ1) is 17.4. The first-order valence-corrected chi connectivity index (χ1v) is 13.0. The number of ether oxygens (including phenoxy) is 1. The average Bonchev–Trinajstić information content (AvgIpc) is 3.17. The molecule has 5 nitrogen and oxygen atoms in total. The number of hydrogen-bond acceptors (Lipinski definition) is 4. The molecular formula is C30H30BrNO4. The van der Waals surface area contributed by atoms with Crippen LogP contribution in [0, 0.1) is 0 Å². The van der Waals surface area contributed by atoms with Gasteiger partial charge in [-0.25, -0.2) is 0 Å². The third-order valence-electron chi connectivity index (χ3n) is 6.61. The van der Waals surface area contributed by atoms with Gasteiger partial charge in [-0.15, -0.1) is 0 Å². The van der Waals surface area contributed by atoms with Crippen LogP contribution in [0.1, 0.15) is 55.0 Å². The van der Waals surface area contributed by atoms with Crippen molar-refractivity contribution >= 4 is 39.1 Å². The molecular weight excluding hydrogens is 518 g/mol. The molecule has 3 aromatic rings. The van der Waals surface area contributed by atoms with E-state index in [-0.39, 0.29) is 11.3 Å². The van der Waals surface area contributed by atoms with Crippen LogP contribution in [0.2, 0.25) is 0 Å². The van der Waals surface area contributed by atoms with Gasteiger partial charge in [0.1, 0.15) is 11.5 Å². The molecule has 6 heteroatoms. The zero-order valence-electron chi connectivity index (χ0n) is 20.8. The molecule has 1 atom stereocenters. The molecule has 36 heavy (non-hydrogen) atoms. The number of nitrogens with zero attached hydrogens (tertiary/aromatic N) is 1. The minimum atomic E-state index is -0.752. The Bertz CT molecular complexity index is 1300. The van der Waals surface area contributed by atoms with Crippen molar-refractivity contribution in [2.45, 2.75) is 45.6 Å². The van der Waals surface area contributed by atoms with Crippen molar-refractivity contribution in [3.05, 3.63) is 99.0 Å². The second-order valence-electron chi connectivity index (χ2n) is 8.88. The van der Waals surface area contributed by atoms with Crippen molar-refractivity contribution in [2.75, 3.05) is 12.0 Å². The summed E-state index contributed by atoms with van der Waals surface area (Å²) >= 11 is 3.44. The second-order valence-corrected chi connectivity index (χ2v) is 9.74. The van der Waals surface area contributed by atoms with Crippen LogP contribution in [0.3, 0.4) is 0 Å². The van der Waals surface area contributed by atoms with Crippen LogP contribution >= 0.6 is 15.9 Å². The summed E-state index contributed by atoms with van der Waals surface area (Å²) in [6, 6.07) is 19.9. The van der Waals surface area contributed by atoms with Crippen LogP contribution in [-0.2, 0) is 22.4 Å². The first-order valence-electron chi connectivity index (χ1n) is 12.2. The van der Waals surface area contributed by atoms with Crippen LogP contribution in [0.4, 0.5) is 5.69 Å². The number of aryl methyl sites for hydroxylation is 2. The van der Waals surface area contributed by atoms with E-state index in [1.54, 1.807) is 25.3 Å². The van der Waals surface area contributed by atoms with Crippen molar-refractivity contribution in [3.8, 4) is 5.75 Å². The average molecular weight is 548 g/mol. The number of hydrogen-bond donors (Lipinski definition) is 1. The van der Waals surface area contributed by atoms with Gasteiger partial charge in [-0.3, -0.25) is 14.5 Å². The van der Waals surface area contributed by atoms with Gasteiger partial charge in [0.05, 0.1) is 23.2 Å². The number of benzene rings is 3. The molecule has 0 bridgehead atoms. The Morgan fingerprint density at radius 3 is 2.22 bits per heavy atom. The number of aliphatic hydroxyl groups is 1. The molecule has 1 fully saturated rings. The number of anilines is 1. The Morgan fingerprint density at radius 2 is 1.64 bits per heavy atom. The van der Waals surface area contributed by atoms with Gasteiger partial charge in [0.2, 0.25) is 0 Å². The molecule has 4 rings (SSSR count). The molecule has 0 aliphatic carbocycles. The smallest absolute Gasteiger partial charge is 0.300 e. The molecule has 0 aromatic heterocycles. The highest BCUT2D eigenvalue weighted by molar-refractivity contribution is 9.10. The Kier molecular flexibility index (Phi) is 7.94. The molecule has 3 aromatic carbocycles. The third-order valence-corrected chi connectivity index (χ3v) is 7.23. The van der Waals surface area contributed by atoms with Crippen molar-refractivity contribution in [1.29, 1.82) is 0 Å². The number of aliphatic hydroxyl groups excluding tert-OH is 1. The SMILES string of the molecule is CCCCc1ccc(N2C(=O)C(=O)/C(=C(\O)c3ccc(OC)c(Br)c3)C2c2ccc(CC)cc2)cc1. The van der Waals surface area contributed by atoms with E-state index in [1.807, 2.05) is 48.5 Å². The topological polar surface area (TPSA) is 66.8 Å². The van der Waals surface area contributed by atoms with E-state index in [0.29, 0.717) is 21.5 Å². The number of halogens is 1. The molecule has 0 radical (unpaired) electrons. The number of Topliss-reactive ketones (excluding diaryl/α,β-unsaturated/α-hetero) is 1. The molecule has 1 unspecified atom stereocenters. The summed E-state index contributed by atoms with van der Waals surface area (Å²) in [4.78, 5) is 28.3. The monoisotopic (exact) mass is 547 g/mol. The highest BCUT2D eigenvalue weighted by atomic mass is 79.9. The molecule has 0 spiro atoms. The van der Waals surface area contributed by atoms with Gasteiger partial charge < -0.3 is 9.84 Å². The van der Waals surface area contributed by atoms with Gasteiger partial charge in [0, 0.05) is 11.3 Å². The number of ketones is 1. The van der Waals surface area contributed by atoms with Gasteiger partial charge in [-0.1, -0.05) is 56.7 Å². The summed E-state index contributed by atoms with van der Waals surface area (Å²) in [5.41, 5.74) is 4.20. The summed E-state index contributed by atoms with van der Waals surface area (Å²) in [7, 11) is 1.55. The minimum absolute atomic E-state index is 0.0661. The van der Waals surface area contributed by atoms with Crippen molar-refractivity contribution < 1.29 is 19.4 Å². The van der Waals surface area contributed by atoms with Crippen molar-refractivity contribution in [2.24, 2.45) is 0 Å². The fourth-order valence-corrected chi connectivity index (χ4v) is 5.06. The van der Waals surface area contributed by atoms with Crippen LogP contribution in [0.25, 0.3) is 5.76 Å². The van der Waals surface area contributed by atoms with E-state index in [9.17, 15) is 14.7 Å². The standard InChI is InChI=1S/C30H30BrNO4/c1-4-6-7-20-10-15-23(16-11-20)32-27(21-12-8-19(5-2)9-13-21)26(29(34)30(32)35)28(33)22-14-17-25(36-3)24(31)18-22/h8-18,27,33H,4-7H2,1-3H3/b28-26-. The van der Waals surface area contributed by atoms with E-state index in [0.717, 1.165) is 36.8 Å². The minimum Gasteiger partial charge on any atom is -0.507 e. The number of methoxy groups -OCH3 is 1. The highest BCUT2D eigenvalue weighted by Crippen LogP contribution is 2.43. The van der Waals surface area contributed by atoms with E-state index in [1.165, 1.54) is 10.5 Å². The zero-order valence-corrected chi connectivity index (χ0v) is 22.3. The largest absolute Gasteiger partial charge is 0.507 e. The van der Waals surface area contributed by atoms with Gasteiger partial charge in [0.15, 0.2) is 0 Å². The van der Waals surface area contributed by atoms with Crippen LogP contribution in [-0.4, -0.2) is 23.9 Å². The Hall–Kier alpha value is -3.38. The maximum atomic E-state index is 13.4. The molecule has 1 aliphatic rings. The molecule has 0 saturated carbocycles. The lowest BCUT2D eigenvalue weighted by molar-refractivity contribution is -0.132. The fraction of sp³-hybridized carbons (Fsp3) is 0.267. The van der Waals surface area contributed by atoms with Gasteiger partial charge >= 0.3 is 0 Å². The normalized spacial score (nSPS) is 17.0. The predicted octanol–water partition coefficient (Wildman–Crippen LogP) is 6.99. The van der Waals surface area contributed by atoms with Crippen LogP contribution < -0.4 is 9.64 Å². The predicted molar refractivity (Wildman–Crippen MR) is 146 cm³/mol. The first kappa shape index (κ1) is 25.7. The van der Waals surface area contributed by atoms with E-state index >= 15 is 0 Å². The summed E-state index contributed by atoms with van der Waals surface area (Å²) < 4.78 is 5.92. The Labute approximate surface area is 220 Å². The summed E-state index contributed by atoms with van der Waals surface area (Å²) in [6.07, 6.45) is 4.03. The Balaban J connectivity index is 1.85. The van der Waals surface area contributed by atoms with Gasteiger partial charge in [-0.2, -0.15) is 0 Å². The summed E-state index contributed by atoms with van der Waals surface area (Å²) in [5, 5.41) is 11.4. The molecule has 1 saturated heterocycles. The fourth-order valence-electron chi connectivity index (χ4n) is 4.52. The maximum Gasteiger partial charge on any atom is 0.300 e. The quantitative estimate of drug-likeness (QED) is 0.187. The van der Waals surface area contributed by atoms with Crippen molar-refractivity contribution in [1.82, 2.24) is 0 Å². The van der Waals surface area contributed by atoms with E-state index in [4.69, 9.17) is 4.74 Å². The van der Waals surface area contributed by atoms with Crippen LogP contribution in [0.15, 0.2) is 76.8 Å². The highest BCUT2D eigenvalue weighted by Gasteiger charge is 2.47. The molecule has 1 amide bonds. The zero-order chi connectivity index (χ0) is 25.8. The van der Waals surface area contributed by atoms with Crippen LogP contribution in [0.5, 0.6) is 5.75 Å². The van der Waals surface area contributed by atoms with Gasteiger partial charge in [0.25, 0.3) is 11.7 Å². The lowest BCUT2D eigenvalue weighted by atomic mass is 9.94. The number of rotatable bonds is 8. The second kappa shape index (κ2) is 11.1. The number of carbonyl (C=O) groups is 2. The molecule has 1 N–H and O–H groups in total. The Morgan fingerprint density at radius 1 is 0.972 bits per heavy atom. The third kappa shape index (κ3) is 4.96. The molecule has 1 aliphatic heterocycles. The molecule has 1 heterocycles. The van der Waals surface area contributed by atoms with Crippen molar-refractivity contribution in [3.63, 3.8) is 0 Å². The van der Waals surface area contributed by atoms with E-state index in [2.05, 4.69) is 29.8 Å². The lowest BCUT2D eigenvalue weighted by Gasteiger charge is -2.26.